The van der Waals surface area contributed by atoms with E-state index in [-0.39, 0.29) is 24.0 Å². The summed E-state index contributed by atoms with van der Waals surface area (Å²) in [6.45, 7) is 0.636. The molecule has 6 heteroatoms. The molecule has 2 aliphatic heterocycles. The number of hydrogen-bond acceptors (Lipinski definition) is 4. The monoisotopic (exact) mass is 341 g/mol. The summed E-state index contributed by atoms with van der Waals surface area (Å²) in [6.07, 6.45) is 12.0. The summed E-state index contributed by atoms with van der Waals surface area (Å²) in [5, 5.41) is 1.29. The van der Waals surface area contributed by atoms with Crippen molar-refractivity contribution in [2.75, 3.05) is 6.54 Å². The largest absolute Gasteiger partial charge is 0.325 e. The summed E-state index contributed by atoms with van der Waals surface area (Å²) >= 11 is 0. The summed E-state index contributed by atoms with van der Waals surface area (Å²) in [5.74, 6) is -0.237. The van der Waals surface area contributed by atoms with E-state index in [9.17, 15) is 9.59 Å². The number of nitrogens with zero attached hydrogens (tertiary/aromatic N) is 3. The average Bonchev–Trinajstić information content (AvgIpc) is 3.14. The molecule has 0 unspecified atom stereocenters. The Hall–Kier alpha value is -2.21. The number of carbonyl (C=O) groups excluding carboxylic acids is 2. The Balaban J connectivity index is 1.66. The summed E-state index contributed by atoms with van der Waals surface area (Å²) in [6, 6.07) is 3.31. The van der Waals surface area contributed by atoms with Crippen LogP contribution in [0, 0.1) is 0 Å². The molecule has 0 N–H and O–H groups in total. The van der Waals surface area contributed by atoms with E-state index in [2.05, 4.69) is 4.98 Å². The van der Waals surface area contributed by atoms with Crippen LogP contribution in [0.5, 0.6) is 0 Å². The second-order valence-corrected chi connectivity index (χ2v) is 6.97. The zero-order chi connectivity index (χ0) is 17.2. The summed E-state index contributed by atoms with van der Waals surface area (Å²) in [5.41, 5.74) is 1.09. The Morgan fingerprint density at radius 3 is 2.72 bits per heavy atom. The molecule has 4 rings (SSSR count). The maximum absolute atomic E-state index is 13.0. The smallest absolute Gasteiger partial charge is 0.273 e. The molecular weight excluding hydrogens is 318 g/mol. The molecule has 1 aromatic heterocycles. The standard InChI is InChI=1S/C19H23N3O3/c23-18-17(12-14-6-4-10-20-13-14)22(25-15-7-2-1-3-8-15)19(24)16-9-5-11-21(16)18/h4,6,10,12-13,15-16H,1-3,5,7-9,11H2/b17-12+/t16-/m0/s1. The lowest BCUT2D eigenvalue weighted by Crippen LogP contribution is -2.56. The highest BCUT2D eigenvalue weighted by Gasteiger charge is 2.46. The molecule has 3 heterocycles. The van der Waals surface area contributed by atoms with Crippen LogP contribution in [0.4, 0.5) is 0 Å². The number of fused-ring (bicyclic) bond motifs is 1. The lowest BCUT2D eigenvalue weighted by Gasteiger charge is -2.39. The van der Waals surface area contributed by atoms with Gasteiger partial charge in [0.15, 0.2) is 0 Å². The van der Waals surface area contributed by atoms with Crippen molar-refractivity contribution in [2.24, 2.45) is 0 Å². The van der Waals surface area contributed by atoms with Crippen molar-refractivity contribution in [1.82, 2.24) is 14.9 Å². The van der Waals surface area contributed by atoms with Gasteiger partial charge in [-0.25, -0.2) is 0 Å². The number of carbonyl (C=O) groups is 2. The van der Waals surface area contributed by atoms with Crippen LogP contribution in [0.3, 0.4) is 0 Å². The van der Waals surface area contributed by atoms with Crippen LogP contribution >= 0.6 is 0 Å². The molecule has 2 saturated heterocycles. The number of aromatic nitrogens is 1. The molecule has 1 aliphatic carbocycles. The van der Waals surface area contributed by atoms with Crippen LogP contribution in [0.15, 0.2) is 30.2 Å². The molecule has 1 saturated carbocycles. The van der Waals surface area contributed by atoms with E-state index < -0.39 is 0 Å². The molecule has 0 spiro atoms. The number of hydrogen-bond donors (Lipinski definition) is 0. The summed E-state index contributed by atoms with van der Waals surface area (Å²) in [7, 11) is 0. The van der Waals surface area contributed by atoms with Crippen LogP contribution in [-0.2, 0) is 14.4 Å². The van der Waals surface area contributed by atoms with Crippen LogP contribution in [0.1, 0.15) is 50.5 Å². The summed E-state index contributed by atoms with van der Waals surface area (Å²) in [4.78, 5) is 37.8. The van der Waals surface area contributed by atoms with Gasteiger partial charge >= 0.3 is 0 Å². The van der Waals surface area contributed by atoms with Gasteiger partial charge in [-0.15, -0.1) is 0 Å². The van der Waals surface area contributed by atoms with Crippen molar-refractivity contribution in [2.45, 2.75) is 57.1 Å². The van der Waals surface area contributed by atoms with Gasteiger partial charge in [0.1, 0.15) is 11.7 Å². The van der Waals surface area contributed by atoms with Crippen LogP contribution in [0.2, 0.25) is 0 Å². The molecule has 2 amide bonds. The van der Waals surface area contributed by atoms with E-state index in [4.69, 9.17) is 4.84 Å². The number of pyridine rings is 1. The molecular formula is C19H23N3O3. The number of rotatable bonds is 3. The number of piperazine rings is 1. The Labute approximate surface area is 147 Å². The van der Waals surface area contributed by atoms with Gasteiger partial charge in [0.25, 0.3) is 11.8 Å². The first-order valence-corrected chi connectivity index (χ1v) is 9.17. The van der Waals surface area contributed by atoms with Crippen molar-refractivity contribution >= 4 is 17.9 Å². The van der Waals surface area contributed by atoms with E-state index in [1.807, 2.05) is 12.1 Å². The molecule has 3 aliphatic rings. The van der Waals surface area contributed by atoms with E-state index >= 15 is 0 Å². The fraction of sp³-hybridized carbons (Fsp3) is 0.526. The topological polar surface area (TPSA) is 62.7 Å². The number of amides is 2. The highest BCUT2D eigenvalue weighted by molar-refractivity contribution is 6.07. The second kappa shape index (κ2) is 6.96. The second-order valence-electron chi connectivity index (χ2n) is 6.97. The van der Waals surface area contributed by atoms with Crippen molar-refractivity contribution in [1.29, 1.82) is 0 Å². The normalized spacial score (nSPS) is 26.4. The van der Waals surface area contributed by atoms with Gasteiger partial charge in [0, 0.05) is 18.9 Å². The lowest BCUT2D eigenvalue weighted by molar-refractivity contribution is -0.209. The first kappa shape index (κ1) is 16.3. The van der Waals surface area contributed by atoms with Gasteiger partial charge in [-0.2, -0.15) is 5.06 Å². The third-order valence-corrected chi connectivity index (χ3v) is 5.23. The van der Waals surface area contributed by atoms with Crippen LogP contribution in [0.25, 0.3) is 6.08 Å². The maximum Gasteiger partial charge on any atom is 0.273 e. The first-order valence-electron chi connectivity index (χ1n) is 9.17. The third kappa shape index (κ3) is 3.18. The van der Waals surface area contributed by atoms with E-state index in [0.29, 0.717) is 12.2 Å². The maximum atomic E-state index is 13.0. The Kier molecular flexibility index (Phi) is 4.53. The third-order valence-electron chi connectivity index (χ3n) is 5.23. The molecule has 6 nitrogen and oxygen atoms in total. The predicted octanol–water partition coefficient (Wildman–Crippen LogP) is 2.52. The lowest BCUT2D eigenvalue weighted by atomic mass is 9.98. The van der Waals surface area contributed by atoms with E-state index in [1.54, 1.807) is 23.4 Å². The molecule has 1 aromatic rings. The average molecular weight is 341 g/mol. The Morgan fingerprint density at radius 2 is 1.96 bits per heavy atom. The predicted molar refractivity (Wildman–Crippen MR) is 91.8 cm³/mol. The fourth-order valence-electron chi connectivity index (χ4n) is 3.92. The van der Waals surface area contributed by atoms with E-state index in [0.717, 1.165) is 44.1 Å². The Morgan fingerprint density at radius 1 is 1.12 bits per heavy atom. The van der Waals surface area contributed by atoms with E-state index in [1.165, 1.54) is 11.5 Å². The fourth-order valence-corrected chi connectivity index (χ4v) is 3.92. The van der Waals surface area contributed by atoms with Gasteiger partial charge in [-0.1, -0.05) is 25.3 Å². The zero-order valence-electron chi connectivity index (χ0n) is 14.3. The van der Waals surface area contributed by atoms with Gasteiger partial charge in [-0.3, -0.25) is 19.4 Å². The molecule has 0 aromatic carbocycles. The van der Waals surface area contributed by atoms with Crippen molar-refractivity contribution < 1.29 is 14.4 Å². The Bertz CT molecular complexity index is 682. The first-order chi connectivity index (χ1) is 12.2. The van der Waals surface area contributed by atoms with Crippen LogP contribution in [-0.4, -0.2) is 45.5 Å². The zero-order valence-corrected chi connectivity index (χ0v) is 14.3. The van der Waals surface area contributed by atoms with Gasteiger partial charge in [0.2, 0.25) is 0 Å². The molecule has 3 fully saturated rings. The van der Waals surface area contributed by atoms with Crippen molar-refractivity contribution in [3.05, 3.63) is 35.8 Å². The molecule has 0 bridgehead atoms. The minimum atomic E-state index is -0.373. The molecule has 1 atom stereocenters. The summed E-state index contributed by atoms with van der Waals surface area (Å²) < 4.78 is 0. The molecule has 0 radical (unpaired) electrons. The minimum Gasteiger partial charge on any atom is -0.325 e. The number of hydroxylamine groups is 2. The van der Waals surface area contributed by atoms with Gasteiger partial charge < -0.3 is 4.90 Å². The SMILES string of the molecule is O=C1[C@@H]2CCCN2C(=O)/C(=C\c2cccnc2)N1OC1CCCCC1. The quantitative estimate of drug-likeness (QED) is 0.793. The van der Waals surface area contributed by atoms with Crippen molar-refractivity contribution in [3.63, 3.8) is 0 Å². The van der Waals surface area contributed by atoms with Crippen LogP contribution < -0.4 is 0 Å². The highest BCUT2D eigenvalue weighted by atomic mass is 16.7. The molecule has 25 heavy (non-hydrogen) atoms. The minimum absolute atomic E-state index is 0.00996. The van der Waals surface area contributed by atoms with Crippen molar-refractivity contribution in [3.8, 4) is 0 Å². The highest BCUT2D eigenvalue weighted by Crippen LogP contribution is 2.32. The van der Waals surface area contributed by atoms with Gasteiger partial charge in [-0.05, 0) is 43.4 Å². The molecule has 132 valence electrons. The van der Waals surface area contributed by atoms with Gasteiger partial charge in [0.05, 0.1) is 6.10 Å².